The molecule has 0 atom stereocenters. The van der Waals surface area contributed by atoms with Crippen molar-refractivity contribution < 1.29 is 13.2 Å². The van der Waals surface area contributed by atoms with Crippen LogP contribution < -0.4 is 10.0 Å². The van der Waals surface area contributed by atoms with Gasteiger partial charge in [0, 0.05) is 39.8 Å². The van der Waals surface area contributed by atoms with Gasteiger partial charge in [0.05, 0.1) is 6.61 Å². The monoisotopic (exact) mass is 289 g/mol. The molecule has 0 saturated heterocycles. The fraction of sp³-hybridized carbons (Fsp3) is 1.00. The molecule has 0 heterocycles. The molecule has 0 aliphatic carbocycles. The lowest BCUT2D eigenvalue weighted by Crippen LogP contribution is -2.44. The van der Waals surface area contributed by atoms with Crippen molar-refractivity contribution in [2.24, 2.45) is 0 Å². The number of methoxy groups -OCH3 is 1. The van der Waals surface area contributed by atoms with Crippen LogP contribution >= 0.6 is 12.4 Å². The molecule has 0 saturated carbocycles. The molecule has 0 spiro atoms. The number of halogens is 1. The van der Waals surface area contributed by atoms with Crippen molar-refractivity contribution >= 4 is 22.6 Å². The zero-order valence-electron chi connectivity index (χ0n) is 10.9. The Kier molecular flexibility index (Phi) is 11.5. The lowest BCUT2D eigenvalue weighted by molar-refractivity contribution is 0.199. The van der Waals surface area contributed by atoms with Crippen LogP contribution in [-0.2, 0) is 14.9 Å². The third kappa shape index (κ3) is 8.76. The summed E-state index contributed by atoms with van der Waals surface area (Å²) in [7, 11) is -0.152. The summed E-state index contributed by atoms with van der Waals surface area (Å²) in [6.07, 6.45) is 0. The molecule has 0 aliphatic heterocycles. The molecular formula is C9H24ClN3O3S. The van der Waals surface area contributed by atoms with Gasteiger partial charge in [-0.2, -0.15) is 12.7 Å². The van der Waals surface area contributed by atoms with E-state index in [1.165, 1.54) is 4.31 Å². The van der Waals surface area contributed by atoms with Crippen LogP contribution in [0.5, 0.6) is 0 Å². The summed E-state index contributed by atoms with van der Waals surface area (Å²) in [4.78, 5) is 0. The number of hydrogen-bond acceptors (Lipinski definition) is 4. The third-order valence-corrected chi connectivity index (χ3v) is 3.92. The topological polar surface area (TPSA) is 70.7 Å². The lowest BCUT2D eigenvalue weighted by Gasteiger charge is -2.21. The fourth-order valence-corrected chi connectivity index (χ4v) is 2.07. The van der Waals surface area contributed by atoms with Gasteiger partial charge in [-0.05, 0) is 13.8 Å². The van der Waals surface area contributed by atoms with E-state index < -0.39 is 10.2 Å². The maximum Gasteiger partial charge on any atom is 0.279 e. The zero-order chi connectivity index (χ0) is 12.6. The Morgan fingerprint density at radius 3 is 2.29 bits per heavy atom. The van der Waals surface area contributed by atoms with Crippen molar-refractivity contribution in [3.8, 4) is 0 Å². The molecule has 106 valence electrons. The molecule has 0 aliphatic rings. The van der Waals surface area contributed by atoms with Crippen molar-refractivity contribution in [1.82, 2.24) is 14.3 Å². The second-order valence-corrected chi connectivity index (χ2v) is 5.57. The van der Waals surface area contributed by atoms with Crippen molar-refractivity contribution in [2.45, 2.75) is 19.9 Å². The van der Waals surface area contributed by atoms with E-state index >= 15 is 0 Å². The highest BCUT2D eigenvalue weighted by Gasteiger charge is 2.18. The van der Waals surface area contributed by atoms with Crippen LogP contribution in [0.1, 0.15) is 13.8 Å². The van der Waals surface area contributed by atoms with Crippen molar-refractivity contribution in [3.05, 3.63) is 0 Å². The second-order valence-electron chi connectivity index (χ2n) is 3.75. The first-order valence-electron chi connectivity index (χ1n) is 5.34. The Hall–Kier alpha value is 0.0800. The van der Waals surface area contributed by atoms with Gasteiger partial charge in [-0.1, -0.05) is 0 Å². The van der Waals surface area contributed by atoms with Gasteiger partial charge in [-0.15, -0.1) is 12.4 Å². The summed E-state index contributed by atoms with van der Waals surface area (Å²) < 4.78 is 31.9. The van der Waals surface area contributed by atoms with Gasteiger partial charge < -0.3 is 10.1 Å². The molecular weight excluding hydrogens is 266 g/mol. The van der Waals surface area contributed by atoms with Gasteiger partial charge in [-0.3, -0.25) is 0 Å². The van der Waals surface area contributed by atoms with Crippen LogP contribution in [-0.4, -0.2) is 59.2 Å². The van der Waals surface area contributed by atoms with Crippen LogP contribution in [0.25, 0.3) is 0 Å². The standard InChI is InChI=1S/C9H23N3O3S.ClH/c1-9(2)12(3)16(13,14)11-6-5-10-7-8-15-4;/h9-11H,5-8H2,1-4H3;1H. The van der Waals surface area contributed by atoms with E-state index in [4.69, 9.17) is 4.74 Å². The number of nitrogens with one attached hydrogen (secondary N) is 2. The first-order chi connectivity index (χ1) is 7.41. The van der Waals surface area contributed by atoms with Gasteiger partial charge >= 0.3 is 0 Å². The van der Waals surface area contributed by atoms with E-state index in [2.05, 4.69) is 10.0 Å². The number of rotatable bonds is 9. The first kappa shape index (κ1) is 19.4. The van der Waals surface area contributed by atoms with Crippen molar-refractivity contribution in [1.29, 1.82) is 0 Å². The Morgan fingerprint density at radius 1 is 1.24 bits per heavy atom. The highest BCUT2D eigenvalue weighted by molar-refractivity contribution is 7.87. The normalized spacial score (nSPS) is 11.9. The average molecular weight is 290 g/mol. The molecule has 0 fully saturated rings. The molecule has 0 unspecified atom stereocenters. The van der Waals surface area contributed by atoms with Gasteiger partial charge in [0.25, 0.3) is 10.2 Å². The van der Waals surface area contributed by atoms with E-state index in [0.29, 0.717) is 19.7 Å². The van der Waals surface area contributed by atoms with Crippen LogP contribution in [0.2, 0.25) is 0 Å². The SMILES string of the molecule is COCCNCCNS(=O)(=O)N(C)C(C)C.Cl. The van der Waals surface area contributed by atoms with Gasteiger partial charge in [0.15, 0.2) is 0 Å². The van der Waals surface area contributed by atoms with Crippen molar-refractivity contribution in [3.63, 3.8) is 0 Å². The minimum atomic E-state index is -3.34. The Morgan fingerprint density at radius 2 is 1.82 bits per heavy atom. The summed E-state index contributed by atoms with van der Waals surface area (Å²) in [6, 6.07) is -0.0426. The van der Waals surface area contributed by atoms with E-state index in [9.17, 15) is 8.42 Å². The van der Waals surface area contributed by atoms with Crippen LogP contribution in [0, 0.1) is 0 Å². The molecule has 0 rings (SSSR count). The van der Waals surface area contributed by atoms with Crippen LogP contribution in [0.3, 0.4) is 0 Å². The molecule has 0 aromatic heterocycles. The Balaban J connectivity index is 0. The number of nitrogens with zero attached hydrogens (tertiary/aromatic N) is 1. The molecule has 0 aromatic carbocycles. The smallest absolute Gasteiger partial charge is 0.279 e. The minimum absolute atomic E-state index is 0. The van der Waals surface area contributed by atoms with Crippen LogP contribution in [0.15, 0.2) is 0 Å². The second kappa shape index (κ2) is 10.0. The van der Waals surface area contributed by atoms with Crippen molar-refractivity contribution in [2.75, 3.05) is 40.4 Å². The summed E-state index contributed by atoms with van der Waals surface area (Å²) in [6.45, 7) is 5.97. The molecule has 0 amide bonds. The molecule has 0 radical (unpaired) electrons. The van der Waals surface area contributed by atoms with E-state index in [-0.39, 0.29) is 18.4 Å². The van der Waals surface area contributed by atoms with Gasteiger partial charge in [0.1, 0.15) is 0 Å². The largest absolute Gasteiger partial charge is 0.383 e. The quantitative estimate of drug-likeness (QED) is 0.578. The molecule has 8 heteroatoms. The lowest BCUT2D eigenvalue weighted by atomic mass is 10.4. The highest BCUT2D eigenvalue weighted by Crippen LogP contribution is 1.99. The predicted octanol–water partition coefficient (Wildman–Crippen LogP) is -0.181. The van der Waals surface area contributed by atoms with E-state index in [0.717, 1.165) is 6.54 Å². The van der Waals surface area contributed by atoms with E-state index in [1.807, 2.05) is 13.8 Å². The van der Waals surface area contributed by atoms with Crippen LogP contribution in [0.4, 0.5) is 0 Å². The first-order valence-corrected chi connectivity index (χ1v) is 6.78. The van der Waals surface area contributed by atoms with Gasteiger partial charge in [-0.25, -0.2) is 4.72 Å². The maximum absolute atomic E-state index is 11.6. The zero-order valence-corrected chi connectivity index (χ0v) is 12.5. The van der Waals surface area contributed by atoms with E-state index in [1.54, 1.807) is 14.2 Å². The third-order valence-electron chi connectivity index (χ3n) is 2.18. The minimum Gasteiger partial charge on any atom is -0.383 e. The molecule has 2 N–H and O–H groups in total. The summed E-state index contributed by atoms with van der Waals surface area (Å²) in [5, 5.41) is 3.06. The molecule has 0 bridgehead atoms. The van der Waals surface area contributed by atoms with Gasteiger partial charge in [0.2, 0.25) is 0 Å². The fourth-order valence-electron chi connectivity index (χ4n) is 0.947. The molecule has 0 aromatic rings. The molecule has 6 nitrogen and oxygen atoms in total. The highest BCUT2D eigenvalue weighted by atomic mass is 35.5. The summed E-state index contributed by atoms with van der Waals surface area (Å²) >= 11 is 0. The molecule has 17 heavy (non-hydrogen) atoms. The number of ether oxygens (including phenoxy) is 1. The Bertz CT molecular complexity index is 273. The summed E-state index contributed by atoms with van der Waals surface area (Å²) in [5.74, 6) is 0. The maximum atomic E-state index is 11.6. The predicted molar refractivity (Wildman–Crippen MR) is 71.8 cm³/mol. The summed E-state index contributed by atoms with van der Waals surface area (Å²) in [5.41, 5.74) is 0. The number of hydrogen-bond donors (Lipinski definition) is 2. The Labute approximate surface area is 111 Å². The average Bonchev–Trinajstić information content (AvgIpc) is 2.22.